The molecule has 16 heavy (non-hydrogen) atoms. The van der Waals surface area contributed by atoms with Gasteiger partial charge in [0.1, 0.15) is 5.75 Å². The van der Waals surface area contributed by atoms with Gasteiger partial charge in [0.2, 0.25) is 0 Å². The van der Waals surface area contributed by atoms with Crippen LogP contribution < -0.4 is 10.2 Å². The van der Waals surface area contributed by atoms with Crippen LogP contribution in [0.25, 0.3) is 10.9 Å². The van der Waals surface area contributed by atoms with Crippen molar-refractivity contribution in [3.63, 3.8) is 0 Å². The number of aromatic amines is 1. The lowest BCUT2D eigenvalue weighted by Crippen LogP contribution is -2.02. The highest BCUT2D eigenvalue weighted by atomic mass is 16.6. The van der Waals surface area contributed by atoms with Gasteiger partial charge in [-0.1, -0.05) is 0 Å². The number of pyridine rings is 1. The van der Waals surface area contributed by atoms with Crippen molar-refractivity contribution in [2.75, 3.05) is 7.11 Å². The fourth-order valence-corrected chi connectivity index (χ4v) is 1.50. The fourth-order valence-electron chi connectivity index (χ4n) is 1.50. The number of nitrogens with one attached hydrogen (secondary N) is 1. The van der Waals surface area contributed by atoms with Gasteiger partial charge in [-0.2, -0.15) is 0 Å². The maximum absolute atomic E-state index is 11.5. The Hall–Kier alpha value is -2.37. The predicted octanol–water partition coefficient (Wildman–Crippen LogP) is 1.44. The Morgan fingerprint density at radius 1 is 1.44 bits per heavy atom. The van der Waals surface area contributed by atoms with Crippen LogP contribution in [0.2, 0.25) is 0 Å². The average Bonchev–Trinajstić information content (AvgIpc) is 2.28. The van der Waals surface area contributed by atoms with Crippen molar-refractivity contribution in [3.8, 4) is 5.75 Å². The first-order valence-electron chi connectivity index (χ1n) is 4.47. The van der Waals surface area contributed by atoms with Crippen LogP contribution in [0.1, 0.15) is 0 Å². The zero-order valence-electron chi connectivity index (χ0n) is 8.39. The standard InChI is InChI=1S/C10H8N2O4/c1-16-9-5-6(12(14)15)4-7-8(13)2-3-11-10(7)9/h2-5H,1H3,(H,11,13). The number of benzene rings is 1. The third kappa shape index (κ3) is 1.50. The van der Waals surface area contributed by atoms with Gasteiger partial charge >= 0.3 is 0 Å². The Kier molecular flexibility index (Phi) is 2.32. The van der Waals surface area contributed by atoms with E-state index in [0.29, 0.717) is 5.52 Å². The Balaban J connectivity index is 2.90. The minimum Gasteiger partial charge on any atom is -0.494 e. The molecular formula is C10H8N2O4. The number of fused-ring (bicyclic) bond motifs is 1. The number of nitro benzene ring substituents is 1. The minimum atomic E-state index is -0.561. The number of nitro groups is 1. The molecule has 0 saturated carbocycles. The van der Waals surface area contributed by atoms with Crippen LogP contribution in [0.15, 0.2) is 29.2 Å². The molecule has 0 bridgehead atoms. The molecule has 1 heterocycles. The highest BCUT2D eigenvalue weighted by Crippen LogP contribution is 2.27. The zero-order chi connectivity index (χ0) is 11.7. The summed E-state index contributed by atoms with van der Waals surface area (Å²) in [5.41, 5.74) is 0.0115. The molecule has 0 aliphatic rings. The first-order chi connectivity index (χ1) is 7.63. The maximum atomic E-state index is 11.5. The van der Waals surface area contributed by atoms with E-state index in [4.69, 9.17) is 4.74 Å². The van der Waals surface area contributed by atoms with Crippen molar-refractivity contribution in [2.45, 2.75) is 0 Å². The summed E-state index contributed by atoms with van der Waals surface area (Å²) in [5.74, 6) is 0.280. The van der Waals surface area contributed by atoms with Gasteiger partial charge in [-0.25, -0.2) is 0 Å². The minimum absolute atomic E-state index is 0.166. The van der Waals surface area contributed by atoms with Gasteiger partial charge in [0, 0.05) is 18.3 Å². The van der Waals surface area contributed by atoms with Crippen molar-refractivity contribution in [1.82, 2.24) is 4.98 Å². The molecule has 1 aromatic carbocycles. The van der Waals surface area contributed by atoms with Crippen LogP contribution in [0.5, 0.6) is 5.75 Å². The second-order valence-electron chi connectivity index (χ2n) is 3.17. The van der Waals surface area contributed by atoms with Crippen molar-refractivity contribution >= 4 is 16.6 Å². The quantitative estimate of drug-likeness (QED) is 0.613. The molecule has 0 amide bonds. The molecule has 0 spiro atoms. The topological polar surface area (TPSA) is 85.2 Å². The van der Waals surface area contributed by atoms with Crippen molar-refractivity contribution in [2.24, 2.45) is 0 Å². The van der Waals surface area contributed by atoms with Gasteiger partial charge in [0.05, 0.1) is 29.0 Å². The van der Waals surface area contributed by atoms with E-state index >= 15 is 0 Å². The molecule has 82 valence electrons. The molecule has 6 heteroatoms. The van der Waals surface area contributed by atoms with Crippen LogP contribution in [0.4, 0.5) is 5.69 Å². The highest BCUT2D eigenvalue weighted by molar-refractivity contribution is 5.86. The van der Waals surface area contributed by atoms with E-state index in [-0.39, 0.29) is 22.3 Å². The van der Waals surface area contributed by atoms with E-state index < -0.39 is 4.92 Å². The number of hydrogen-bond acceptors (Lipinski definition) is 4. The zero-order valence-corrected chi connectivity index (χ0v) is 8.39. The summed E-state index contributed by atoms with van der Waals surface area (Å²) in [6.45, 7) is 0. The molecule has 0 fully saturated rings. The van der Waals surface area contributed by atoms with Gasteiger partial charge in [0.25, 0.3) is 5.69 Å². The summed E-state index contributed by atoms with van der Waals surface area (Å²) in [6.07, 6.45) is 1.47. The van der Waals surface area contributed by atoms with Crippen LogP contribution >= 0.6 is 0 Å². The van der Waals surface area contributed by atoms with Crippen molar-refractivity contribution in [1.29, 1.82) is 0 Å². The first-order valence-corrected chi connectivity index (χ1v) is 4.47. The summed E-state index contributed by atoms with van der Waals surface area (Å²) in [6, 6.07) is 3.82. The van der Waals surface area contributed by atoms with E-state index in [0.717, 1.165) is 0 Å². The number of aromatic nitrogens is 1. The summed E-state index contributed by atoms with van der Waals surface area (Å²) < 4.78 is 5.00. The summed E-state index contributed by atoms with van der Waals surface area (Å²) >= 11 is 0. The van der Waals surface area contributed by atoms with E-state index in [2.05, 4.69) is 4.98 Å². The second kappa shape index (κ2) is 3.65. The SMILES string of the molecule is COc1cc([N+](=O)[O-])cc2c(=O)cc[nH]c12. The lowest BCUT2D eigenvalue weighted by atomic mass is 10.2. The number of H-pyrrole nitrogens is 1. The molecule has 1 N–H and O–H groups in total. The Bertz CT molecular complexity index is 618. The van der Waals surface area contributed by atoms with Gasteiger partial charge < -0.3 is 9.72 Å². The van der Waals surface area contributed by atoms with E-state index in [9.17, 15) is 14.9 Å². The number of nitrogens with zero attached hydrogens (tertiary/aromatic N) is 1. The van der Waals surface area contributed by atoms with Gasteiger partial charge in [-0.05, 0) is 0 Å². The fraction of sp³-hybridized carbons (Fsp3) is 0.100. The number of ether oxygens (including phenoxy) is 1. The summed E-state index contributed by atoms with van der Waals surface area (Å²) in [7, 11) is 1.39. The number of methoxy groups -OCH3 is 1. The van der Waals surface area contributed by atoms with E-state index in [1.54, 1.807) is 0 Å². The van der Waals surface area contributed by atoms with Gasteiger partial charge in [0.15, 0.2) is 5.43 Å². The van der Waals surface area contributed by atoms with Crippen molar-refractivity contribution < 1.29 is 9.66 Å². The predicted molar refractivity (Wildman–Crippen MR) is 57.8 cm³/mol. The molecular weight excluding hydrogens is 212 g/mol. The van der Waals surface area contributed by atoms with Crippen LogP contribution in [-0.2, 0) is 0 Å². The van der Waals surface area contributed by atoms with Crippen LogP contribution in [0.3, 0.4) is 0 Å². The second-order valence-corrected chi connectivity index (χ2v) is 3.17. The number of hydrogen-bond donors (Lipinski definition) is 1. The Morgan fingerprint density at radius 3 is 2.81 bits per heavy atom. The molecule has 6 nitrogen and oxygen atoms in total. The van der Waals surface area contributed by atoms with Gasteiger partial charge in [-0.3, -0.25) is 14.9 Å². The Morgan fingerprint density at radius 2 is 2.19 bits per heavy atom. The summed E-state index contributed by atoms with van der Waals surface area (Å²) in [5, 5.41) is 10.9. The monoisotopic (exact) mass is 220 g/mol. The molecule has 1 aromatic heterocycles. The van der Waals surface area contributed by atoms with Crippen LogP contribution in [0, 0.1) is 10.1 Å². The first kappa shape index (κ1) is 10.2. The van der Waals surface area contributed by atoms with E-state index in [1.807, 2.05) is 0 Å². The van der Waals surface area contributed by atoms with Crippen molar-refractivity contribution in [3.05, 3.63) is 44.7 Å². The van der Waals surface area contributed by atoms with Gasteiger partial charge in [-0.15, -0.1) is 0 Å². The molecule has 2 aromatic rings. The smallest absolute Gasteiger partial charge is 0.274 e. The largest absolute Gasteiger partial charge is 0.494 e. The molecule has 0 radical (unpaired) electrons. The normalized spacial score (nSPS) is 10.3. The maximum Gasteiger partial charge on any atom is 0.274 e. The number of non-ortho nitro benzene ring substituents is 1. The lowest BCUT2D eigenvalue weighted by molar-refractivity contribution is -0.384. The molecule has 0 unspecified atom stereocenters. The molecule has 0 aliphatic carbocycles. The molecule has 0 atom stereocenters. The average molecular weight is 220 g/mol. The third-order valence-corrected chi connectivity index (χ3v) is 2.25. The van der Waals surface area contributed by atoms with Crippen LogP contribution in [-0.4, -0.2) is 17.0 Å². The Labute approximate surface area is 89.6 Å². The molecule has 2 rings (SSSR count). The molecule has 0 saturated heterocycles. The lowest BCUT2D eigenvalue weighted by Gasteiger charge is -2.04. The highest BCUT2D eigenvalue weighted by Gasteiger charge is 2.13. The third-order valence-electron chi connectivity index (χ3n) is 2.25. The van der Waals surface area contributed by atoms with E-state index in [1.165, 1.54) is 31.5 Å². The number of rotatable bonds is 2. The molecule has 0 aliphatic heterocycles. The summed E-state index contributed by atoms with van der Waals surface area (Å²) in [4.78, 5) is 24.5.